The molecule has 0 spiro atoms. The molecule has 4 aliphatic heterocycles. The highest BCUT2D eigenvalue weighted by Gasteiger charge is 2.48. The molecule has 0 N–H and O–H groups in total. The first-order chi connectivity index (χ1) is 26.8. The lowest BCUT2D eigenvalue weighted by Crippen LogP contribution is -2.43. The van der Waals surface area contributed by atoms with E-state index in [0.717, 1.165) is 28.6 Å². The molecule has 0 radical (unpaired) electrons. The van der Waals surface area contributed by atoms with E-state index in [1.54, 1.807) is 43.3 Å². The molecule has 2 aromatic carbocycles. The summed E-state index contributed by atoms with van der Waals surface area (Å²) < 4.78 is 117. The zero-order valence-electron chi connectivity index (χ0n) is 32.7. The molecule has 8 rings (SSSR count). The van der Waals surface area contributed by atoms with Crippen LogP contribution in [0.4, 0.5) is 13.2 Å². The molecule has 0 unspecified atom stereocenters. The van der Waals surface area contributed by atoms with Gasteiger partial charge in [-0.3, -0.25) is 9.36 Å². The van der Waals surface area contributed by atoms with Crippen LogP contribution >= 0.6 is 0 Å². The number of rotatable bonds is 8. The third-order valence-electron chi connectivity index (χ3n) is 11.6. The van der Waals surface area contributed by atoms with Gasteiger partial charge in [-0.05, 0) is 108 Å². The van der Waals surface area contributed by atoms with Gasteiger partial charge >= 0.3 is 6.18 Å². The average molecular weight is 835 g/mol. The maximum absolute atomic E-state index is 13.4. The third kappa shape index (κ3) is 8.07. The second-order valence-corrected chi connectivity index (χ2v) is 21.0. The highest BCUT2D eigenvalue weighted by Crippen LogP contribution is 2.45. The quantitative estimate of drug-likeness (QED) is 0.182. The second-order valence-electron chi connectivity index (χ2n) is 16.1. The van der Waals surface area contributed by atoms with Crippen LogP contribution in [0.1, 0.15) is 97.7 Å². The zero-order valence-corrected chi connectivity index (χ0v) is 34.3. The number of hydrogen-bond acceptors (Lipinski definition) is 10. The first-order valence-electron chi connectivity index (χ1n) is 19.1. The molecule has 2 aromatic heterocycles. The number of ether oxygens (including phenoxy) is 4. The van der Waals surface area contributed by atoms with Gasteiger partial charge in [0.25, 0.3) is 0 Å². The number of aromatic nitrogens is 4. The molecular formula is C40H49F3N4O8S2. The summed E-state index contributed by atoms with van der Waals surface area (Å²) >= 11 is 0. The molecule has 0 aliphatic carbocycles. The van der Waals surface area contributed by atoms with Crippen molar-refractivity contribution in [1.82, 2.24) is 19.6 Å². The van der Waals surface area contributed by atoms with E-state index in [0.29, 0.717) is 37.6 Å². The lowest BCUT2D eigenvalue weighted by molar-refractivity contribution is -0.142. The largest absolute Gasteiger partial charge is 0.435 e. The highest BCUT2D eigenvalue weighted by molar-refractivity contribution is 7.93. The Bertz CT molecular complexity index is 2320. The number of hydrogen-bond donors (Lipinski definition) is 0. The molecular weight excluding hydrogens is 786 g/mol. The van der Waals surface area contributed by atoms with Gasteiger partial charge < -0.3 is 18.9 Å². The van der Waals surface area contributed by atoms with Gasteiger partial charge in [0.05, 0.1) is 74.9 Å². The highest BCUT2D eigenvalue weighted by atomic mass is 32.2. The number of alkyl halides is 3. The monoisotopic (exact) mass is 834 g/mol. The van der Waals surface area contributed by atoms with Crippen LogP contribution in [0.5, 0.6) is 0 Å². The van der Waals surface area contributed by atoms with Crippen LogP contribution < -0.4 is 0 Å². The van der Waals surface area contributed by atoms with E-state index in [-0.39, 0.29) is 61.4 Å². The van der Waals surface area contributed by atoms with Crippen molar-refractivity contribution in [3.8, 4) is 0 Å². The zero-order chi connectivity index (χ0) is 41.0. The Labute approximate surface area is 331 Å². The summed E-state index contributed by atoms with van der Waals surface area (Å²) in [5, 5.41) is 8.34. The second kappa shape index (κ2) is 15.5. The van der Waals surface area contributed by atoms with Gasteiger partial charge in [0.1, 0.15) is 12.2 Å². The minimum absolute atomic E-state index is 0.0415. The molecule has 4 fully saturated rings. The molecule has 12 nitrogen and oxygen atoms in total. The Morgan fingerprint density at radius 2 is 1.11 bits per heavy atom. The number of sulfone groups is 2. The Morgan fingerprint density at radius 3 is 1.51 bits per heavy atom. The van der Waals surface area contributed by atoms with Crippen LogP contribution in [0, 0.1) is 20.8 Å². The van der Waals surface area contributed by atoms with E-state index in [1.807, 2.05) is 50.6 Å². The molecule has 0 amide bonds. The lowest BCUT2D eigenvalue weighted by atomic mass is 9.94. The number of halogens is 3. The predicted molar refractivity (Wildman–Crippen MR) is 203 cm³/mol. The molecule has 4 aliphatic rings. The minimum Gasteiger partial charge on any atom is -0.377 e. The van der Waals surface area contributed by atoms with E-state index < -0.39 is 47.1 Å². The van der Waals surface area contributed by atoms with Crippen molar-refractivity contribution in [2.75, 3.05) is 39.6 Å². The maximum atomic E-state index is 13.4. The van der Waals surface area contributed by atoms with Gasteiger partial charge in [-0.25, -0.2) is 16.8 Å². The van der Waals surface area contributed by atoms with E-state index in [4.69, 9.17) is 18.9 Å². The topological polar surface area (TPSA) is 141 Å². The summed E-state index contributed by atoms with van der Waals surface area (Å²) in [7, 11) is -7.21. The Kier molecular flexibility index (Phi) is 11.3. The number of aryl methyl sites for hydroxylation is 3. The van der Waals surface area contributed by atoms with Crippen molar-refractivity contribution in [1.29, 1.82) is 0 Å². The van der Waals surface area contributed by atoms with E-state index in [1.165, 1.54) is 4.68 Å². The van der Waals surface area contributed by atoms with Crippen molar-refractivity contribution < 1.29 is 49.0 Å². The summed E-state index contributed by atoms with van der Waals surface area (Å²) in [6.45, 7) is 11.5. The summed E-state index contributed by atoms with van der Waals surface area (Å²) in [4.78, 5) is 0.602. The SMILES string of the molecule is Cc1cccc(S(=O)(=O)[C@@]2(C)CCO[C@@H](c3cc(C(F)(F)F)nn3C3COC3)C2)c1.Cc1cccc(S(=O)(=O)[C@]2(C)CCO[C@H](c3cc(C)nn3C3COC3)C2)c1. The summed E-state index contributed by atoms with van der Waals surface area (Å²) in [6.07, 6.45) is -4.50. The normalized spacial score (nSPS) is 26.2. The summed E-state index contributed by atoms with van der Waals surface area (Å²) in [5.74, 6) is 0. The Hall–Kier alpha value is -3.61. The van der Waals surface area contributed by atoms with Crippen molar-refractivity contribution >= 4 is 19.7 Å². The van der Waals surface area contributed by atoms with Crippen molar-refractivity contribution in [2.45, 2.75) is 110 Å². The van der Waals surface area contributed by atoms with E-state index >= 15 is 0 Å². The third-order valence-corrected chi connectivity index (χ3v) is 16.7. The first kappa shape index (κ1) is 41.5. The fourth-order valence-electron chi connectivity index (χ4n) is 7.82. The van der Waals surface area contributed by atoms with Crippen LogP contribution in [0.25, 0.3) is 0 Å². The van der Waals surface area contributed by atoms with Gasteiger partial charge in [0.15, 0.2) is 25.4 Å². The van der Waals surface area contributed by atoms with Gasteiger partial charge in [0, 0.05) is 13.2 Å². The summed E-state index contributed by atoms with van der Waals surface area (Å²) in [6, 6.07) is 16.7. The number of nitrogens with zero attached hydrogens (tertiary/aromatic N) is 4. The van der Waals surface area contributed by atoms with Crippen molar-refractivity contribution in [3.63, 3.8) is 0 Å². The number of benzene rings is 2. The van der Waals surface area contributed by atoms with Crippen molar-refractivity contribution in [2.24, 2.45) is 0 Å². The molecule has 310 valence electrons. The van der Waals surface area contributed by atoms with Crippen LogP contribution in [0.3, 0.4) is 0 Å². The maximum Gasteiger partial charge on any atom is 0.435 e. The minimum atomic E-state index is -4.60. The van der Waals surface area contributed by atoms with Gasteiger partial charge in [-0.15, -0.1) is 0 Å². The van der Waals surface area contributed by atoms with Crippen molar-refractivity contribution in [3.05, 3.63) is 94.6 Å². The van der Waals surface area contributed by atoms with E-state index in [2.05, 4.69) is 10.2 Å². The summed E-state index contributed by atoms with van der Waals surface area (Å²) in [5.41, 5.74) is 2.85. The molecule has 4 saturated heterocycles. The molecule has 4 aromatic rings. The van der Waals surface area contributed by atoms with Gasteiger partial charge in [0.2, 0.25) is 0 Å². The van der Waals surface area contributed by atoms with Crippen LogP contribution in [-0.4, -0.2) is 85.5 Å². The average Bonchev–Trinajstić information content (AvgIpc) is 3.71. The fourth-order valence-corrected chi connectivity index (χ4v) is 11.6. The smallest absolute Gasteiger partial charge is 0.377 e. The molecule has 6 heterocycles. The molecule has 4 atom stereocenters. The molecule has 57 heavy (non-hydrogen) atoms. The van der Waals surface area contributed by atoms with Gasteiger partial charge in [-0.2, -0.15) is 23.4 Å². The molecule has 17 heteroatoms. The Balaban J connectivity index is 0.000000175. The van der Waals surface area contributed by atoms with Crippen LogP contribution in [0.15, 0.2) is 70.5 Å². The van der Waals surface area contributed by atoms with Crippen LogP contribution in [0.2, 0.25) is 0 Å². The predicted octanol–water partition coefficient (Wildman–Crippen LogP) is 7.02. The standard InChI is InChI=1S/C20H23F3N2O4S.C20H26N2O4S/c1-13-4-3-5-15(8-13)30(26,27)19(2)6-7-29-17(10-19)16-9-18(20(21,22)23)24-25(16)14-11-28-12-14;1-14-5-4-6-17(9-14)27(23,24)20(3)7-8-26-19(11-20)18-10-15(2)21-22(18)16-12-25-13-16/h3-5,8-9,14,17H,6-7,10-12H2,1-2H3;4-6,9-10,16,19H,7-8,11-13H2,1-3H3/t17-,19+;19-,20+/m10/s1. The van der Waals surface area contributed by atoms with E-state index in [9.17, 15) is 30.0 Å². The van der Waals surface area contributed by atoms with Gasteiger partial charge in [-0.1, -0.05) is 24.3 Å². The fraction of sp³-hybridized carbons (Fsp3) is 0.550. The van der Waals surface area contributed by atoms with Crippen LogP contribution in [-0.2, 0) is 44.8 Å². The first-order valence-corrected chi connectivity index (χ1v) is 22.0. The molecule has 0 bridgehead atoms. The lowest BCUT2D eigenvalue weighted by Gasteiger charge is -2.38. The Morgan fingerprint density at radius 1 is 0.667 bits per heavy atom. The molecule has 0 saturated carbocycles.